The maximum absolute atomic E-state index is 13.5. The van der Waals surface area contributed by atoms with Crippen molar-refractivity contribution < 1.29 is 14.3 Å². The molecule has 0 unspecified atom stereocenters. The van der Waals surface area contributed by atoms with Gasteiger partial charge in [0.1, 0.15) is 5.54 Å². The number of carbonyl (C=O) groups is 1. The third-order valence-corrected chi connectivity index (χ3v) is 7.72. The molecule has 3 aromatic rings. The first-order chi connectivity index (χ1) is 14.6. The third kappa shape index (κ3) is 2.28. The minimum Gasteiger partial charge on any atom is -0.493 e. The summed E-state index contributed by atoms with van der Waals surface area (Å²) in [6.45, 7) is 0. The summed E-state index contributed by atoms with van der Waals surface area (Å²) in [5.74, 6) is 1.69. The molecule has 2 atom stereocenters. The summed E-state index contributed by atoms with van der Waals surface area (Å²) >= 11 is 8.98. The summed E-state index contributed by atoms with van der Waals surface area (Å²) < 4.78 is 11.1. The van der Waals surface area contributed by atoms with Crippen molar-refractivity contribution in [2.75, 3.05) is 20.1 Å². The number of nitrogens with zero attached hydrogens (tertiary/aromatic N) is 1. The van der Waals surface area contributed by atoms with Crippen molar-refractivity contribution in [3.63, 3.8) is 0 Å². The molecule has 0 spiro atoms. The van der Waals surface area contributed by atoms with Gasteiger partial charge in [0.2, 0.25) is 0 Å². The highest BCUT2D eigenvalue weighted by atomic mass is 35.5. The van der Waals surface area contributed by atoms with Gasteiger partial charge >= 0.3 is 0 Å². The highest BCUT2D eigenvalue weighted by Gasteiger charge is 2.74. The molecule has 0 aromatic heterocycles. The lowest BCUT2D eigenvalue weighted by molar-refractivity contribution is -0.162. The van der Waals surface area contributed by atoms with Crippen LogP contribution >= 0.6 is 23.4 Å². The topological polar surface area (TPSA) is 38.8 Å². The van der Waals surface area contributed by atoms with Gasteiger partial charge < -0.3 is 14.4 Å². The van der Waals surface area contributed by atoms with Crippen molar-refractivity contribution in [2.45, 2.75) is 15.3 Å². The minimum atomic E-state index is -1.26. The number of rotatable bonds is 4. The van der Waals surface area contributed by atoms with E-state index in [1.54, 1.807) is 26.0 Å². The predicted molar refractivity (Wildman–Crippen MR) is 118 cm³/mol. The standard InChI is InChI=1S/C24H20ClNO3S/c1-28-19-13-18-21(14-20(19)29-2)30-15-26-22(27)23(25,16-9-5-3-6-10-16)24(18,26)17-11-7-4-8-12-17/h3-14H,15H2,1-2H3/t23-,24-/m1/s1. The maximum atomic E-state index is 13.5. The van der Waals surface area contributed by atoms with E-state index in [-0.39, 0.29) is 5.91 Å². The van der Waals surface area contributed by atoms with Crippen LogP contribution in [0.1, 0.15) is 16.7 Å². The lowest BCUT2D eigenvalue weighted by atomic mass is 9.61. The Hall–Kier alpha value is -2.63. The van der Waals surface area contributed by atoms with Crippen molar-refractivity contribution in [2.24, 2.45) is 0 Å². The zero-order valence-corrected chi connectivity index (χ0v) is 18.2. The van der Waals surface area contributed by atoms with E-state index in [9.17, 15) is 4.79 Å². The van der Waals surface area contributed by atoms with Crippen molar-refractivity contribution in [1.82, 2.24) is 4.90 Å². The normalized spacial score (nSPS) is 24.5. The Kier molecular flexibility index (Phi) is 4.49. The first-order valence-corrected chi connectivity index (χ1v) is 11.0. The van der Waals surface area contributed by atoms with E-state index in [0.29, 0.717) is 17.4 Å². The average Bonchev–Trinajstić information content (AvgIpc) is 2.82. The summed E-state index contributed by atoms with van der Waals surface area (Å²) in [5, 5.41) is 0. The molecule has 0 bridgehead atoms. The maximum Gasteiger partial charge on any atom is 0.253 e. The molecule has 4 nitrogen and oxygen atoms in total. The van der Waals surface area contributed by atoms with Gasteiger partial charge in [-0.1, -0.05) is 72.3 Å². The number of ether oxygens (including phenoxy) is 2. The first kappa shape index (κ1) is 19.3. The van der Waals surface area contributed by atoms with Gasteiger partial charge in [0.15, 0.2) is 16.4 Å². The number of β-lactam (4-membered cyclic amide) rings is 1. The van der Waals surface area contributed by atoms with E-state index >= 15 is 0 Å². The molecule has 2 aliphatic rings. The van der Waals surface area contributed by atoms with E-state index in [1.165, 1.54) is 0 Å². The van der Waals surface area contributed by atoms with Gasteiger partial charge in [0, 0.05) is 10.5 Å². The molecule has 1 fully saturated rings. The lowest BCUT2D eigenvalue weighted by Crippen LogP contribution is -2.77. The number of amides is 1. The summed E-state index contributed by atoms with van der Waals surface area (Å²) in [6.07, 6.45) is 0. The molecular weight excluding hydrogens is 418 g/mol. The number of fused-ring (bicyclic) bond motifs is 3. The lowest BCUT2D eigenvalue weighted by Gasteiger charge is -2.64. The summed E-state index contributed by atoms with van der Waals surface area (Å²) in [5.41, 5.74) is 1.84. The Balaban J connectivity index is 1.86. The summed E-state index contributed by atoms with van der Waals surface area (Å²) in [6, 6.07) is 23.6. The molecule has 152 valence electrons. The summed E-state index contributed by atoms with van der Waals surface area (Å²) in [7, 11) is 3.24. The first-order valence-electron chi connectivity index (χ1n) is 9.60. The van der Waals surface area contributed by atoms with Crippen molar-refractivity contribution >= 4 is 29.3 Å². The van der Waals surface area contributed by atoms with Crippen LogP contribution in [0, 0.1) is 0 Å². The number of halogens is 1. The van der Waals surface area contributed by atoms with Gasteiger partial charge in [-0.3, -0.25) is 4.79 Å². The van der Waals surface area contributed by atoms with Crippen LogP contribution in [0.25, 0.3) is 0 Å². The monoisotopic (exact) mass is 437 g/mol. The molecule has 2 heterocycles. The van der Waals surface area contributed by atoms with E-state index in [2.05, 4.69) is 0 Å². The molecule has 0 radical (unpaired) electrons. The van der Waals surface area contributed by atoms with Gasteiger partial charge in [-0.25, -0.2) is 0 Å². The number of hydrogen-bond donors (Lipinski definition) is 0. The van der Waals surface area contributed by atoms with Crippen molar-refractivity contribution in [1.29, 1.82) is 0 Å². The zero-order valence-electron chi connectivity index (χ0n) is 16.6. The van der Waals surface area contributed by atoms with E-state index in [4.69, 9.17) is 21.1 Å². The van der Waals surface area contributed by atoms with Crippen LogP contribution in [0.2, 0.25) is 0 Å². The number of methoxy groups -OCH3 is 2. The van der Waals surface area contributed by atoms with Crippen LogP contribution in [0.5, 0.6) is 11.5 Å². The Morgan fingerprint density at radius 1 is 0.900 bits per heavy atom. The van der Waals surface area contributed by atoms with Crippen LogP contribution in [0.15, 0.2) is 77.7 Å². The predicted octanol–water partition coefficient (Wildman–Crippen LogP) is 4.99. The van der Waals surface area contributed by atoms with E-state index in [0.717, 1.165) is 21.6 Å². The van der Waals surface area contributed by atoms with Gasteiger partial charge in [-0.2, -0.15) is 0 Å². The second-order valence-electron chi connectivity index (χ2n) is 7.31. The molecule has 1 amide bonds. The zero-order chi connectivity index (χ0) is 20.9. The van der Waals surface area contributed by atoms with Crippen LogP contribution < -0.4 is 9.47 Å². The van der Waals surface area contributed by atoms with Crippen molar-refractivity contribution in [3.05, 3.63) is 89.5 Å². The number of thioether (sulfide) groups is 1. The second-order valence-corrected chi connectivity index (χ2v) is 8.86. The third-order valence-electron chi connectivity index (χ3n) is 6.03. The number of alkyl halides is 1. The van der Waals surface area contributed by atoms with Gasteiger partial charge in [0.05, 0.1) is 20.1 Å². The second kappa shape index (κ2) is 6.96. The molecule has 2 aliphatic heterocycles. The molecule has 30 heavy (non-hydrogen) atoms. The van der Waals surface area contributed by atoms with Crippen LogP contribution in [-0.2, 0) is 15.2 Å². The Morgan fingerprint density at radius 2 is 1.47 bits per heavy atom. The minimum absolute atomic E-state index is 0.0906. The summed E-state index contributed by atoms with van der Waals surface area (Å²) in [4.78, 5) is 15.2. The van der Waals surface area contributed by atoms with Crippen LogP contribution in [0.4, 0.5) is 0 Å². The van der Waals surface area contributed by atoms with Gasteiger partial charge in [-0.15, -0.1) is 11.8 Å². The number of hydrogen-bond acceptors (Lipinski definition) is 4. The quantitative estimate of drug-likeness (QED) is 0.426. The Morgan fingerprint density at radius 3 is 2.07 bits per heavy atom. The molecule has 5 rings (SSSR count). The van der Waals surface area contributed by atoms with E-state index < -0.39 is 10.4 Å². The largest absolute Gasteiger partial charge is 0.493 e. The highest BCUT2D eigenvalue weighted by molar-refractivity contribution is 7.99. The fourth-order valence-corrected chi connectivity index (χ4v) is 6.37. The Bertz CT molecular complexity index is 1120. The molecule has 0 N–H and O–H groups in total. The highest BCUT2D eigenvalue weighted by Crippen LogP contribution is 2.66. The fraction of sp³-hybridized carbons (Fsp3) is 0.208. The van der Waals surface area contributed by atoms with Crippen LogP contribution in [-0.4, -0.2) is 30.9 Å². The molecular formula is C24H20ClNO3S. The molecule has 6 heteroatoms. The van der Waals surface area contributed by atoms with Gasteiger partial charge in [0.25, 0.3) is 5.91 Å². The smallest absolute Gasteiger partial charge is 0.253 e. The molecule has 3 aromatic carbocycles. The SMILES string of the molecule is COc1cc2c(cc1OC)[C@@]1(c3ccccc3)N(CS2)C(=O)[C@]1(Cl)c1ccccc1. The molecule has 0 saturated carbocycles. The number of benzene rings is 3. The van der Waals surface area contributed by atoms with Gasteiger partial charge in [-0.05, 0) is 23.3 Å². The van der Waals surface area contributed by atoms with Crippen LogP contribution in [0.3, 0.4) is 0 Å². The average molecular weight is 438 g/mol. The fourth-order valence-electron chi connectivity index (χ4n) is 4.70. The molecule has 0 aliphatic carbocycles. The van der Waals surface area contributed by atoms with Crippen molar-refractivity contribution in [3.8, 4) is 11.5 Å². The number of carbonyl (C=O) groups excluding carboxylic acids is 1. The molecule has 1 saturated heterocycles. The van der Waals surface area contributed by atoms with E-state index in [1.807, 2.05) is 77.7 Å². The Labute approximate surface area is 184 Å².